The highest BCUT2D eigenvalue weighted by molar-refractivity contribution is 8.00. The van der Waals surface area contributed by atoms with E-state index in [9.17, 15) is 14.0 Å². The summed E-state index contributed by atoms with van der Waals surface area (Å²) in [6, 6.07) is 19.1. The molecule has 176 valence electrons. The smallest absolute Gasteiger partial charge is 0.267 e. The van der Waals surface area contributed by atoms with Gasteiger partial charge in [0.15, 0.2) is 5.16 Å². The maximum atomic E-state index is 14.0. The van der Waals surface area contributed by atoms with E-state index in [0.717, 1.165) is 16.8 Å². The zero-order valence-electron chi connectivity index (χ0n) is 19.3. The van der Waals surface area contributed by atoms with Crippen molar-refractivity contribution in [2.24, 2.45) is 0 Å². The fourth-order valence-electron chi connectivity index (χ4n) is 3.94. The molecule has 0 saturated heterocycles. The number of aromatic nitrogens is 4. The third-order valence-electron chi connectivity index (χ3n) is 5.78. The topological polar surface area (TPSA) is 81.3 Å². The van der Waals surface area contributed by atoms with Crippen LogP contribution in [0, 0.1) is 19.7 Å². The van der Waals surface area contributed by atoms with E-state index in [-0.39, 0.29) is 17.2 Å². The molecule has 5 aromatic rings. The number of rotatable bonds is 5. The Kier molecular flexibility index (Phi) is 5.86. The van der Waals surface area contributed by atoms with Crippen molar-refractivity contribution in [3.8, 4) is 5.69 Å². The summed E-state index contributed by atoms with van der Waals surface area (Å²) in [5, 5.41) is 11.7. The number of nitrogens with one attached hydrogen (secondary N) is 1. The maximum absolute atomic E-state index is 14.0. The number of nitrogens with zero attached hydrogens (tertiary/aromatic N) is 4. The molecule has 5 rings (SSSR count). The van der Waals surface area contributed by atoms with Crippen LogP contribution in [0.1, 0.15) is 18.1 Å². The molecule has 0 bridgehead atoms. The number of carbonyl (C=O) groups excluding carboxylic acids is 1. The Labute approximate surface area is 204 Å². The Morgan fingerprint density at radius 2 is 1.77 bits per heavy atom. The van der Waals surface area contributed by atoms with Crippen LogP contribution in [0.5, 0.6) is 0 Å². The summed E-state index contributed by atoms with van der Waals surface area (Å²) in [5.41, 5.74) is 3.21. The van der Waals surface area contributed by atoms with Crippen LogP contribution in [-0.2, 0) is 4.79 Å². The number of anilines is 1. The molecule has 1 unspecified atom stereocenters. The lowest BCUT2D eigenvalue weighted by Gasteiger charge is -2.15. The Bertz CT molecular complexity index is 1660. The van der Waals surface area contributed by atoms with Gasteiger partial charge in [-0.25, -0.2) is 8.96 Å². The quantitative estimate of drug-likeness (QED) is 0.356. The molecule has 35 heavy (non-hydrogen) atoms. The molecule has 0 saturated carbocycles. The predicted octanol–water partition coefficient (Wildman–Crippen LogP) is 4.91. The van der Waals surface area contributed by atoms with Crippen LogP contribution < -0.4 is 10.9 Å². The standard InChI is InChI=1S/C26H22FN5O2S/c1-15-12-13-16(2)22(14-15)31-24(34)18-8-4-7-11-21(18)32-25(31)29-30-26(32)35-17(3)23(33)28-20-10-6-5-9-19(20)27/h4-14,17H,1-3H3,(H,28,33). The lowest BCUT2D eigenvalue weighted by atomic mass is 10.1. The summed E-state index contributed by atoms with van der Waals surface area (Å²) in [6.45, 7) is 5.62. The van der Waals surface area contributed by atoms with Crippen molar-refractivity contribution in [1.82, 2.24) is 19.2 Å². The molecule has 2 aromatic heterocycles. The van der Waals surface area contributed by atoms with Gasteiger partial charge in [0.25, 0.3) is 5.56 Å². The van der Waals surface area contributed by atoms with Gasteiger partial charge in [0.2, 0.25) is 11.7 Å². The minimum atomic E-state index is -0.609. The Morgan fingerprint density at radius 1 is 1.03 bits per heavy atom. The molecular weight excluding hydrogens is 465 g/mol. The van der Waals surface area contributed by atoms with E-state index in [0.29, 0.717) is 21.8 Å². The number of thioether (sulfide) groups is 1. The van der Waals surface area contributed by atoms with Gasteiger partial charge in [-0.3, -0.25) is 14.0 Å². The van der Waals surface area contributed by atoms with Gasteiger partial charge in [0.1, 0.15) is 5.82 Å². The van der Waals surface area contributed by atoms with Crippen LogP contribution in [0.3, 0.4) is 0 Å². The first-order valence-electron chi connectivity index (χ1n) is 11.0. The largest absolute Gasteiger partial charge is 0.323 e. The maximum Gasteiger partial charge on any atom is 0.267 e. The van der Waals surface area contributed by atoms with E-state index in [1.165, 1.54) is 23.9 Å². The minimum absolute atomic E-state index is 0.116. The summed E-state index contributed by atoms with van der Waals surface area (Å²) in [7, 11) is 0. The number of amides is 1. The Morgan fingerprint density at radius 3 is 2.57 bits per heavy atom. The zero-order chi connectivity index (χ0) is 24.7. The second-order valence-corrected chi connectivity index (χ2v) is 9.60. The molecule has 3 aromatic carbocycles. The Hall–Kier alpha value is -3.98. The molecule has 9 heteroatoms. The van der Waals surface area contributed by atoms with Crippen molar-refractivity contribution < 1.29 is 9.18 Å². The third kappa shape index (κ3) is 4.08. The lowest BCUT2D eigenvalue weighted by Crippen LogP contribution is -2.24. The van der Waals surface area contributed by atoms with Crippen molar-refractivity contribution in [2.75, 3.05) is 5.32 Å². The number of para-hydroxylation sites is 2. The van der Waals surface area contributed by atoms with Crippen LogP contribution in [0.25, 0.3) is 22.4 Å². The summed E-state index contributed by atoms with van der Waals surface area (Å²) in [4.78, 5) is 26.4. The van der Waals surface area contributed by atoms with Gasteiger partial charge in [-0.15, -0.1) is 10.2 Å². The third-order valence-corrected chi connectivity index (χ3v) is 6.83. The Balaban J connectivity index is 1.62. The van der Waals surface area contributed by atoms with E-state index in [4.69, 9.17) is 0 Å². The molecule has 0 fully saturated rings. The molecule has 0 aliphatic carbocycles. The van der Waals surface area contributed by atoms with Crippen molar-refractivity contribution in [2.45, 2.75) is 31.2 Å². The highest BCUT2D eigenvalue weighted by atomic mass is 32.2. The van der Waals surface area contributed by atoms with E-state index in [1.807, 2.05) is 50.2 Å². The average molecular weight is 488 g/mol. The fourth-order valence-corrected chi connectivity index (χ4v) is 4.80. The highest BCUT2D eigenvalue weighted by Gasteiger charge is 2.23. The van der Waals surface area contributed by atoms with Crippen LogP contribution >= 0.6 is 11.8 Å². The molecule has 1 atom stereocenters. The molecule has 2 heterocycles. The van der Waals surface area contributed by atoms with E-state index in [1.54, 1.807) is 34.1 Å². The normalized spacial score (nSPS) is 12.2. The number of hydrogen-bond acceptors (Lipinski definition) is 5. The molecule has 0 radical (unpaired) electrons. The number of carbonyl (C=O) groups is 1. The lowest BCUT2D eigenvalue weighted by molar-refractivity contribution is -0.115. The first-order chi connectivity index (χ1) is 16.8. The van der Waals surface area contributed by atoms with Gasteiger partial charge in [-0.2, -0.15) is 0 Å². The van der Waals surface area contributed by atoms with Crippen molar-refractivity contribution in [1.29, 1.82) is 0 Å². The predicted molar refractivity (Wildman–Crippen MR) is 136 cm³/mol. The van der Waals surface area contributed by atoms with Crippen LogP contribution in [0.2, 0.25) is 0 Å². The van der Waals surface area contributed by atoms with Crippen molar-refractivity contribution in [3.63, 3.8) is 0 Å². The van der Waals surface area contributed by atoms with E-state index < -0.39 is 11.1 Å². The molecule has 1 amide bonds. The van der Waals surface area contributed by atoms with Gasteiger partial charge in [-0.05, 0) is 62.2 Å². The van der Waals surface area contributed by atoms with Crippen LogP contribution in [-0.4, -0.2) is 30.3 Å². The summed E-state index contributed by atoms with van der Waals surface area (Å²) in [6.07, 6.45) is 0. The van der Waals surface area contributed by atoms with Crippen molar-refractivity contribution >= 4 is 40.0 Å². The van der Waals surface area contributed by atoms with Gasteiger partial charge in [0.05, 0.1) is 27.5 Å². The SMILES string of the molecule is Cc1ccc(C)c(-n2c(=O)c3ccccc3n3c(SC(C)C(=O)Nc4ccccc4F)nnc23)c1. The van der Waals surface area contributed by atoms with E-state index >= 15 is 0 Å². The van der Waals surface area contributed by atoms with Gasteiger partial charge in [0, 0.05) is 0 Å². The van der Waals surface area contributed by atoms with Gasteiger partial charge < -0.3 is 5.32 Å². The second kappa shape index (κ2) is 8.99. The number of aryl methyl sites for hydroxylation is 2. The average Bonchev–Trinajstić information content (AvgIpc) is 3.26. The van der Waals surface area contributed by atoms with Crippen LogP contribution in [0.4, 0.5) is 10.1 Å². The van der Waals surface area contributed by atoms with E-state index in [2.05, 4.69) is 15.5 Å². The first kappa shape index (κ1) is 22.8. The first-order valence-corrected chi connectivity index (χ1v) is 11.9. The molecule has 1 N–H and O–H groups in total. The van der Waals surface area contributed by atoms with Crippen LogP contribution in [0.15, 0.2) is 76.7 Å². The van der Waals surface area contributed by atoms with Gasteiger partial charge >= 0.3 is 0 Å². The van der Waals surface area contributed by atoms with Gasteiger partial charge in [-0.1, -0.05) is 48.2 Å². The highest BCUT2D eigenvalue weighted by Crippen LogP contribution is 2.28. The number of hydrogen-bond donors (Lipinski definition) is 1. The number of benzene rings is 3. The second-order valence-electron chi connectivity index (χ2n) is 8.29. The van der Waals surface area contributed by atoms with Crippen molar-refractivity contribution in [3.05, 3.63) is 94.0 Å². The number of halogens is 1. The molecule has 0 aliphatic heterocycles. The monoisotopic (exact) mass is 487 g/mol. The molecular formula is C26H22FN5O2S. The molecule has 0 spiro atoms. The molecule has 7 nitrogen and oxygen atoms in total. The summed E-state index contributed by atoms with van der Waals surface area (Å²) in [5.74, 6) is -0.523. The zero-order valence-corrected chi connectivity index (χ0v) is 20.1. The summed E-state index contributed by atoms with van der Waals surface area (Å²) < 4.78 is 17.3. The minimum Gasteiger partial charge on any atom is -0.323 e. The fraction of sp³-hybridized carbons (Fsp3) is 0.154. The number of fused-ring (bicyclic) bond motifs is 3. The summed E-state index contributed by atoms with van der Waals surface area (Å²) >= 11 is 1.18. The molecule has 0 aliphatic rings.